The summed E-state index contributed by atoms with van der Waals surface area (Å²) in [5, 5.41) is 24.6. The zero-order valence-electron chi connectivity index (χ0n) is 34.8. The molecule has 8 heteroatoms. The first-order valence-electron chi connectivity index (χ1n) is 20.7. The van der Waals surface area contributed by atoms with Gasteiger partial charge < -0.3 is 33.9 Å². The van der Waals surface area contributed by atoms with E-state index in [2.05, 4.69) is 90.1 Å². The normalized spacial score (nSPS) is 17.5. The van der Waals surface area contributed by atoms with Crippen LogP contribution in [0.4, 0.5) is 0 Å². The smallest absolute Gasteiger partial charge is 0.133 e. The summed E-state index contributed by atoms with van der Waals surface area (Å²) in [5.74, 6) is 2.18. The Morgan fingerprint density at radius 2 is 0.719 bits per heavy atom. The van der Waals surface area contributed by atoms with Crippen molar-refractivity contribution in [3.63, 3.8) is 0 Å². The number of aryl methyl sites for hydroxylation is 2. The van der Waals surface area contributed by atoms with Gasteiger partial charge in [0.1, 0.15) is 42.0 Å². The third kappa shape index (κ3) is 9.85. The Bertz CT molecular complexity index is 1860. The molecule has 4 aliphatic rings. The Labute approximate surface area is 338 Å². The van der Waals surface area contributed by atoms with Gasteiger partial charge in [-0.2, -0.15) is 0 Å². The fourth-order valence-corrected chi connectivity index (χ4v) is 8.22. The van der Waals surface area contributed by atoms with Crippen LogP contribution in [-0.2, 0) is 68.4 Å². The maximum atomic E-state index is 13.6. The molecule has 0 unspecified atom stereocenters. The number of phenols is 2. The van der Waals surface area contributed by atoms with Crippen LogP contribution in [0.1, 0.15) is 121 Å². The predicted octanol–water partition coefficient (Wildman–Crippen LogP) is 8.64. The second-order valence-electron chi connectivity index (χ2n) is 18.1. The number of benzene rings is 4. The number of Topliss-reactive ketones (excluding diaryl/α,β-unsaturated/α-hetero) is 1. The van der Waals surface area contributed by atoms with Gasteiger partial charge in [-0.1, -0.05) is 90.1 Å². The van der Waals surface area contributed by atoms with Crippen LogP contribution in [0.15, 0.2) is 48.5 Å². The summed E-state index contributed by atoms with van der Waals surface area (Å²) < 4.78 is 31.1. The van der Waals surface area contributed by atoms with Crippen molar-refractivity contribution >= 4 is 5.78 Å². The summed E-state index contributed by atoms with van der Waals surface area (Å²) in [6.07, 6.45) is 3.62. The van der Waals surface area contributed by atoms with Gasteiger partial charge in [-0.15, -0.1) is 0 Å². The molecule has 12 bridgehead atoms. The van der Waals surface area contributed by atoms with Crippen LogP contribution >= 0.6 is 0 Å². The Morgan fingerprint density at radius 3 is 1.02 bits per heavy atom. The largest absolute Gasteiger partial charge is 0.507 e. The monoisotopic (exact) mass is 776 g/mol. The van der Waals surface area contributed by atoms with Crippen molar-refractivity contribution in [2.45, 2.75) is 104 Å². The highest BCUT2D eigenvalue weighted by molar-refractivity contribution is 5.79. The highest BCUT2D eigenvalue weighted by Gasteiger charge is 2.27. The van der Waals surface area contributed by atoms with Crippen LogP contribution in [0.2, 0.25) is 0 Å². The van der Waals surface area contributed by atoms with E-state index in [4.69, 9.17) is 23.7 Å². The van der Waals surface area contributed by atoms with E-state index in [0.717, 1.165) is 66.8 Å². The standard InChI is InChI=1S/C49H60O8/c1-48(2,3)41-27-33-23-37-19-31-7-9-43(50)10-8-32-20-38(24-34(28-41)44(33)51)47-40(22-32)26-36-30-42(49(4,5)6)29-35(45(36)52)25-39(21-31)46(37)56-17-15-54-13-11-53-12-14-55-16-18-57-47/h19-22,27-30,51-52H,7-18,23-26H2,1-6H3. The van der Waals surface area contributed by atoms with E-state index >= 15 is 0 Å². The van der Waals surface area contributed by atoms with Crippen LogP contribution in [0.5, 0.6) is 23.0 Å². The summed E-state index contributed by atoms with van der Waals surface area (Å²) in [6, 6.07) is 17.1. The summed E-state index contributed by atoms with van der Waals surface area (Å²) in [7, 11) is 0. The van der Waals surface area contributed by atoms with E-state index in [1.165, 1.54) is 0 Å². The first-order valence-corrected chi connectivity index (χ1v) is 20.7. The maximum Gasteiger partial charge on any atom is 0.133 e. The minimum absolute atomic E-state index is 0.188. The molecular weight excluding hydrogens is 717 g/mol. The Balaban J connectivity index is 1.55. The first kappa shape index (κ1) is 40.8. The second kappa shape index (κ2) is 17.2. The molecule has 304 valence electrons. The molecule has 0 aromatic heterocycles. The zero-order valence-corrected chi connectivity index (χ0v) is 34.8. The summed E-state index contributed by atoms with van der Waals surface area (Å²) in [5.41, 5.74) is 10.9. The van der Waals surface area contributed by atoms with Crippen LogP contribution in [-0.4, -0.2) is 68.9 Å². The fourth-order valence-electron chi connectivity index (χ4n) is 8.22. The predicted molar refractivity (Wildman–Crippen MR) is 223 cm³/mol. The average Bonchev–Trinajstić information content (AvgIpc) is 3.14. The summed E-state index contributed by atoms with van der Waals surface area (Å²) in [6.45, 7) is 16.3. The number of hydrogen-bond acceptors (Lipinski definition) is 8. The minimum Gasteiger partial charge on any atom is -0.507 e. The van der Waals surface area contributed by atoms with Crippen LogP contribution < -0.4 is 9.47 Å². The van der Waals surface area contributed by atoms with E-state index in [1.54, 1.807) is 0 Å². The molecule has 57 heavy (non-hydrogen) atoms. The average molecular weight is 777 g/mol. The van der Waals surface area contributed by atoms with E-state index in [0.29, 0.717) is 116 Å². The number of phenolic OH excluding ortho intramolecular Hbond substituents is 2. The SMILES string of the molecule is CC(C)(C)c1cc2c(O)c(c1)Cc1cc3cc4c1OCCOCCOCCOCCOc1c(cc(cc1Cc1cc(C(C)(C)C)cc(c1O)C4)CCC(=O)CC3)C2. The number of ketones is 1. The topological polar surface area (TPSA) is 104 Å². The molecule has 0 atom stereocenters. The number of ether oxygens (including phenoxy) is 5. The number of aromatic hydroxyl groups is 2. The van der Waals surface area contributed by atoms with Crippen molar-refractivity contribution < 1.29 is 38.7 Å². The second-order valence-corrected chi connectivity index (χ2v) is 18.1. The van der Waals surface area contributed by atoms with Crippen molar-refractivity contribution in [2.24, 2.45) is 0 Å². The van der Waals surface area contributed by atoms with Gasteiger partial charge in [0.25, 0.3) is 0 Å². The molecule has 0 saturated heterocycles. The number of rotatable bonds is 0. The Morgan fingerprint density at radius 1 is 0.421 bits per heavy atom. The van der Waals surface area contributed by atoms with E-state index in [1.807, 2.05) is 0 Å². The Hall–Kier alpha value is -4.37. The van der Waals surface area contributed by atoms with Crippen molar-refractivity contribution in [2.75, 3.05) is 52.9 Å². The molecule has 0 spiro atoms. The quantitative estimate of drug-likeness (QED) is 0.161. The number of hydrogen-bond donors (Lipinski definition) is 2. The van der Waals surface area contributed by atoms with Gasteiger partial charge in [0, 0.05) is 38.5 Å². The molecular formula is C49H60O8. The van der Waals surface area contributed by atoms with Crippen LogP contribution in [0, 0.1) is 0 Å². The molecule has 3 aliphatic carbocycles. The molecule has 1 aliphatic heterocycles. The molecule has 8 rings (SSSR count). The van der Waals surface area contributed by atoms with Gasteiger partial charge in [0.2, 0.25) is 0 Å². The van der Waals surface area contributed by atoms with Crippen molar-refractivity contribution in [3.8, 4) is 23.0 Å². The molecule has 4 aromatic rings. The van der Waals surface area contributed by atoms with E-state index in [9.17, 15) is 15.0 Å². The van der Waals surface area contributed by atoms with E-state index in [-0.39, 0.29) is 28.1 Å². The lowest BCUT2D eigenvalue weighted by Crippen LogP contribution is -2.17. The van der Waals surface area contributed by atoms with Gasteiger partial charge in [0.15, 0.2) is 0 Å². The highest BCUT2D eigenvalue weighted by atomic mass is 16.6. The molecule has 4 aromatic carbocycles. The highest BCUT2D eigenvalue weighted by Crippen LogP contribution is 2.42. The number of carbonyl (C=O) groups is 1. The van der Waals surface area contributed by atoms with Gasteiger partial charge in [-0.25, -0.2) is 0 Å². The maximum absolute atomic E-state index is 13.6. The van der Waals surface area contributed by atoms with Crippen molar-refractivity contribution in [1.29, 1.82) is 0 Å². The van der Waals surface area contributed by atoms with Gasteiger partial charge in [-0.3, -0.25) is 4.79 Å². The third-order valence-corrected chi connectivity index (χ3v) is 11.5. The summed E-state index contributed by atoms with van der Waals surface area (Å²) >= 11 is 0. The minimum atomic E-state index is -0.188. The van der Waals surface area contributed by atoms with E-state index < -0.39 is 0 Å². The molecule has 0 amide bonds. The van der Waals surface area contributed by atoms with Gasteiger partial charge in [0.05, 0.1) is 39.6 Å². The third-order valence-electron chi connectivity index (χ3n) is 11.5. The molecule has 8 nitrogen and oxygen atoms in total. The molecule has 0 fully saturated rings. The van der Waals surface area contributed by atoms with Crippen molar-refractivity contribution in [1.82, 2.24) is 0 Å². The number of fused-ring (bicyclic) bond motifs is 4. The Kier molecular flexibility index (Phi) is 12.3. The zero-order chi connectivity index (χ0) is 40.3. The lowest BCUT2D eigenvalue weighted by atomic mass is 9.81. The molecule has 2 N–H and O–H groups in total. The molecule has 0 radical (unpaired) electrons. The molecule has 0 saturated carbocycles. The fraction of sp³-hybridized carbons (Fsp3) is 0.490. The van der Waals surface area contributed by atoms with Crippen LogP contribution in [0.3, 0.4) is 0 Å². The lowest BCUT2D eigenvalue weighted by molar-refractivity contribution is -0.119. The lowest BCUT2D eigenvalue weighted by Gasteiger charge is -2.26. The summed E-state index contributed by atoms with van der Waals surface area (Å²) in [4.78, 5) is 13.6. The van der Waals surface area contributed by atoms with Crippen molar-refractivity contribution in [3.05, 3.63) is 115 Å². The van der Waals surface area contributed by atoms with Gasteiger partial charge in [-0.05, 0) is 90.4 Å². The number of carbonyl (C=O) groups excluding carboxylic acids is 1. The molecule has 1 heterocycles. The van der Waals surface area contributed by atoms with Gasteiger partial charge >= 0.3 is 0 Å². The van der Waals surface area contributed by atoms with Crippen LogP contribution in [0.25, 0.3) is 0 Å². The first-order chi connectivity index (χ1) is 27.2.